The fourth-order valence-corrected chi connectivity index (χ4v) is 2.97. The number of nitrogens with zero attached hydrogens (tertiary/aromatic N) is 1. The molecule has 90 valence electrons. The van der Waals surface area contributed by atoms with Crippen LogP contribution in [0.3, 0.4) is 0 Å². The Bertz CT molecular complexity index is 370. The number of hydrogen-bond donors (Lipinski definition) is 1. The largest absolute Gasteiger partial charge is 0.388 e. The summed E-state index contributed by atoms with van der Waals surface area (Å²) in [5.41, 5.74) is 2.72. The molecule has 0 aromatic carbocycles. The van der Waals surface area contributed by atoms with Crippen molar-refractivity contribution in [1.82, 2.24) is 4.57 Å². The second kappa shape index (κ2) is 4.46. The lowest BCUT2D eigenvalue weighted by atomic mass is 9.75. The first-order valence-electron chi connectivity index (χ1n) is 5.88. The predicted molar refractivity (Wildman–Crippen MR) is 69.9 cm³/mol. The van der Waals surface area contributed by atoms with E-state index >= 15 is 0 Å². The second-order valence-corrected chi connectivity index (χ2v) is 6.45. The molecule has 1 aliphatic rings. The quantitative estimate of drug-likeness (QED) is 0.877. The van der Waals surface area contributed by atoms with Gasteiger partial charge in [-0.05, 0) is 30.6 Å². The molecule has 3 heteroatoms. The molecule has 2 rings (SSSR count). The summed E-state index contributed by atoms with van der Waals surface area (Å²) in [6.07, 6.45) is 5.96. The lowest BCUT2D eigenvalue weighted by Crippen LogP contribution is -2.26. The van der Waals surface area contributed by atoms with E-state index in [1.807, 2.05) is 11.8 Å². The third kappa shape index (κ3) is 2.30. The highest BCUT2D eigenvalue weighted by molar-refractivity contribution is 7.98. The van der Waals surface area contributed by atoms with Crippen molar-refractivity contribution in [2.75, 3.05) is 12.0 Å². The van der Waals surface area contributed by atoms with Crippen LogP contribution in [0.25, 0.3) is 0 Å². The summed E-state index contributed by atoms with van der Waals surface area (Å²) in [7, 11) is 0. The van der Waals surface area contributed by atoms with Crippen LogP contribution in [0.2, 0.25) is 0 Å². The summed E-state index contributed by atoms with van der Waals surface area (Å²) in [6, 6.07) is 2.09. The number of thioether (sulfide) groups is 1. The fraction of sp³-hybridized carbons (Fsp3) is 0.692. The summed E-state index contributed by atoms with van der Waals surface area (Å²) in [5, 5.41) is 10.1. The standard InChI is InChI=1S/C13H21NOS/c1-13(2)8-11-10(12(15)9-13)4-5-14(11)6-7-16-3/h4-5,12,15H,6-9H2,1-3H3. The molecule has 0 fully saturated rings. The Labute approximate surface area is 102 Å². The number of aromatic nitrogens is 1. The molecule has 0 spiro atoms. The molecule has 0 aliphatic heterocycles. The Morgan fingerprint density at radius 2 is 2.31 bits per heavy atom. The Morgan fingerprint density at radius 3 is 3.00 bits per heavy atom. The summed E-state index contributed by atoms with van der Waals surface area (Å²) in [4.78, 5) is 0. The summed E-state index contributed by atoms with van der Waals surface area (Å²) in [6.45, 7) is 5.54. The van der Waals surface area contributed by atoms with Crippen molar-refractivity contribution < 1.29 is 5.11 Å². The van der Waals surface area contributed by atoms with Gasteiger partial charge in [0.25, 0.3) is 0 Å². The minimum Gasteiger partial charge on any atom is -0.388 e. The molecular formula is C13H21NOS. The summed E-state index contributed by atoms with van der Waals surface area (Å²) >= 11 is 1.87. The third-order valence-corrected chi connectivity index (χ3v) is 3.99. The van der Waals surface area contributed by atoms with Gasteiger partial charge >= 0.3 is 0 Å². The monoisotopic (exact) mass is 239 g/mol. The molecule has 2 nitrogen and oxygen atoms in total. The maximum atomic E-state index is 10.1. The average molecular weight is 239 g/mol. The van der Waals surface area contributed by atoms with E-state index < -0.39 is 0 Å². The van der Waals surface area contributed by atoms with Crippen molar-refractivity contribution in [2.45, 2.75) is 39.3 Å². The number of fused-ring (bicyclic) bond motifs is 1. The SMILES string of the molecule is CSCCn1ccc2c1CC(C)(C)CC2O. The zero-order valence-electron chi connectivity index (χ0n) is 10.4. The maximum Gasteiger partial charge on any atom is 0.0812 e. The van der Waals surface area contributed by atoms with Gasteiger partial charge in [-0.2, -0.15) is 11.8 Å². The van der Waals surface area contributed by atoms with Gasteiger partial charge in [0, 0.05) is 29.8 Å². The van der Waals surface area contributed by atoms with Gasteiger partial charge in [-0.1, -0.05) is 13.8 Å². The molecular weight excluding hydrogens is 218 g/mol. The van der Waals surface area contributed by atoms with E-state index in [0.29, 0.717) is 0 Å². The molecule has 0 bridgehead atoms. The van der Waals surface area contributed by atoms with E-state index in [1.165, 1.54) is 5.69 Å². The number of rotatable bonds is 3. The molecule has 1 heterocycles. The molecule has 1 aromatic heterocycles. The van der Waals surface area contributed by atoms with Crippen LogP contribution in [0.4, 0.5) is 0 Å². The topological polar surface area (TPSA) is 25.2 Å². The molecule has 1 aromatic rings. The molecule has 1 aliphatic carbocycles. The second-order valence-electron chi connectivity index (χ2n) is 5.46. The van der Waals surface area contributed by atoms with Crippen LogP contribution in [0.5, 0.6) is 0 Å². The van der Waals surface area contributed by atoms with Gasteiger partial charge in [0.05, 0.1) is 6.10 Å². The van der Waals surface area contributed by atoms with Crippen LogP contribution in [0.1, 0.15) is 37.6 Å². The Hall–Kier alpha value is -0.410. The van der Waals surface area contributed by atoms with Crippen LogP contribution in [0.15, 0.2) is 12.3 Å². The van der Waals surface area contributed by atoms with Crippen LogP contribution < -0.4 is 0 Å². The zero-order valence-corrected chi connectivity index (χ0v) is 11.2. The zero-order chi connectivity index (χ0) is 11.8. The van der Waals surface area contributed by atoms with Crippen molar-refractivity contribution in [1.29, 1.82) is 0 Å². The first kappa shape index (κ1) is 12.1. The van der Waals surface area contributed by atoms with E-state index in [-0.39, 0.29) is 11.5 Å². The summed E-state index contributed by atoms with van der Waals surface area (Å²) < 4.78 is 2.32. The van der Waals surface area contributed by atoms with Crippen LogP contribution >= 0.6 is 11.8 Å². The molecule has 0 amide bonds. The highest BCUT2D eigenvalue weighted by atomic mass is 32.2. The number of aliphatic hydroxyl groups is 1. The van der Waals surface area contributed by atoms with Gasteiger partial charge in [0.15, 0.2) is 0 Å². The number of hydrogen-bond acceptors (Lipinski definition) is 2. The molecule has 0 saturated carbocycles. The van der Waals surface area contributed by atoms with E-state index in [9.17, 15) is 5.11 Å². The summed E-state index contributed by atoms with van der Waals surface area (Å²) in [5.74, 6) is 1.14. The van der Waals surface area contributed by atoms with Gasteiger partial charge in [-0.3, -0.25) is 0 Å². The molecule has 1 N–H and O–H groups in total. The molecule has 0 saturated heterocycles. The Balaban J connectivity index is 2.26. The highest BCUT2D eigenvalue weighted by Crippen LogP contribution is 2.41. The Kier molecular flexibility index (Phi) is 3.36. The molecule has 1 atom stereocenters. The first-order chi connectivity index (χ1) is 7.53. The van der Waals surface area contributed by atoms with Crippen LogP contribution in [-0.2, 0) is 13.0 Å². The van der Waals surface area contributed by atoms with Crippen LogP contribution in [0, 0.1) is 5.41 Å². The van der Waals surface area contributed by atoms with Gasteiger partial charge in [-0.15, -0.1) is 0 Å². The highest BCUT2D eigenvalue weighted by Gasteiger charge is 2.32. The van der Waals surface area contributed by atoms with Crippen molar-refractivity contribution in [3.63, 3.8) is 0 Å². The smallest absolute Gasteiger partial charge is 0.0812 e. The number of aliphatic hydroxyl groups excluding tert-OH is 1. The minimum atomic E-state index is -0.269. The third-order valence-electron chi connectivity index (χ3n) is 3.40. The van der Waals surface area contributed by atoms with Crippen LogP contribution in [-0.4, -0.2) is 21.7 Å². The van der Waals surface area contributed by atoms with E-state index in [2.05, 4.69) is 36.9 Å². The van der Waals surface area contributed by atoms with Gasteiger partial charge in [-0.25, -0.2) is 0 Å². The Morgan fingerprint density at radius 1 is 1.56 bits per heavy atom. The first-order valence-corrected chi connectivity index (χ1v) is 7.28. The van der Waals surface area contributed by atoms with Crippen molar-refractivity contribution in [2.24, 2.45) is 5.41 Å². The van der Waals surface area contributed by atoms with E-state index in [0.717, 1.165) is 30.7 Å². The normalized spacial score (nSPS) is 23.1. The van der Waals surface area contributed by atoms with Gasteiger partial charge < -0.3 is 9.67 Å². The van der Waals surface area contributed by atoms with E-state index in [4.69, 9.17) is 0 Å². The fourth-order valence-electron chi connectivity index (χ4n) is 2.59. The lowest BCUT2D eigenvalue weighted by Gasteiger charge is -2.34. The molecule has 16 heavy (non-hydrogen) atoms. The van der Waals surface area contributed by atoms with E-state index in [1.54, 1.807) is 0 Å². The average Bonchev–Trinajstić information content (AvgIpc) is 2.56. The minimum absolute atomic E-state index is 0.224. The molecule has 1 unspecified atom stereocenters. The van der Waals surface area contributed by atoms with Crippen molar-refractivity contribution in [3.05, 3.63) is 23.5 Å². The lowest BCUT2D eigenvalue weighted by molar-refractivity contribution is 0.0980. The van der Waals surface area contributed by atoms with Gasteiger partial charge in [0.2, 0.25) is 0 Å². The molecule has 0 radical (unpaired) electrons. The number of aryl methyl sites for hydroxylation is 1. The van der Waals surface area contributed by atoms with Crippen molar-refractivity contribution >= 4 is 11.8 Å². The maximum absolute atomic E-state index is 10.1. The van der Waals surface area contributed by atoms with Gasteiger partial charge in [0.1, 0.15) is 0 Å². The predicted octanol–water partition coefficient (Wildman–Crippen LogP) is 2.86. The van der Waals surface area contributed by atoms with Crippen molar-refractivity contribution in [3.8, 4) is 0 Å².